The average Bonchev–Trinajstić information content (AvgIpc) is 2.72. The molecule has 132 valence electrons. The largest absolute Gasteiger partial charge is 0.264 e. The molecule has 4 aromatic rings. The van der Waals surface area contributed by atoms with Crippen LogP contribution in [0.2, 0.25) is 0 Å². The van der Waals surface area contributed by atoms with Crippen molar-refractivity contribution in [2.75, 3.05) is 0 Å². The van der Waals surface area contributed by atoms with E-state index in [1.54, 1.807) is 0 Å². The first-order chi connectivity index (χ1) is 13.2. The van der Waals surface area contributed by atoms with Crippen LogP contribution in [0.4, 0.5) is 0 Å². The second-order valence-corrected chi connectivity index (χ2v) is 7.66. The van der Waals surface area contributed by atoms with E-state index < -0.39 is 0 Å². The average molecular weight is 350 g/mol. The fourth-order valence-electron chi connectivity index (χ4n) is 4.35. The molecule has 0 fully saturated rings. The standard InChI is InChI=1S/C25H22N2/c1-16(2)24-14-19(13-17-5-3-4-6-20(17)24)25-23-8-7-18-15-26-11-9-21(18)22(23)10-12-27-25/h3-6,9-16H,7-8H2,1-2H3. The molecule has 2 heterocycles. The first kappa shape index (κ1) is 16.2. The Hall–Kier alpha value is -3.00. The molecule has 0 aliphatic heterocycles. The minimum Gasteiger partial charge on any atom is -0.264 e. The second-order valence-electron chi connectivity index (χ2n) is 7.66. The number of nitrogens with zero attached hydrogens (tertiary/aromatic N) is 2. The van der Waals surface area contributed by atoms with Gasteiger partial charge < -0.3 is 0 Å². The van der Waals surface area contributed by atoms with Crippen LogP contribution in [-0.2, 0) is 12.8 Å². The summed E-state index contributed by atoms with van der Waals surface area (Å²) < 4.78 is 0. The van der Waals surface area contributed by atoms with Crippen molar-refractivity contribution in [1.82, 2.24) is 9.97 Å². The summed E-state index contributed by atoms with van der Waals surface area (Å²) >= 11 is 0. The molecule has 0 atom stereocenters. The first-order valence-electron chi connectivity index (χ1n) is 9.66. The van der Waals surface area contributed by atoms with Crippen molar-refractivity contribution in [3.8, 4) is 22.4 Å². The van der Waals surface area contributed by atoms with Gasteiger partial charge in [-0.3, -0.25) is 9.97 Å². The molecular formula is C25H22N2. The normalized spacial score (nSPS) is 12.9. The molecule has 2 nitrogen and oxygen atoms in total. The summed E-state index contributed by atoms with van der Waals surface area (Å²) in [6, 6.07) is 17.6. The number of rotatable bonds is 2. The molecule has 27 heavy (non-hydrogen) atoms. The third-order valence-corrected chi connectivity index (χ3v) is 5.68. The molecule has 0 spiro atoms. The summed E-state index contributed by atoms with van der Waals surface area (Å²) in [5, 5.41) is 2.64. The monoisotopic (exact) mass is 350 g/mol. The van der Waals surface area contributed by atoms with Crippen molar-refractivity contribution < 1.29 is 0 Å². The third kappa shape index (κ3) is 2.64. The van der Waals surface area contributed by atoms with Gasteiger partial charge in [0.2, 0.25) is 0 Å². The number of aryl methyl sites for hydroxylation is 1. The quantitative estimate of drug-likeness (QED) is 0.431. The van der Waals surface area contributed by atoms with Gasteiger partial charge in [-0.05, 0) is 81.6 Å². The van der Waals surface area contributed by atoms with Crippen LogP contribution in [0, 0.1) is 0 Å². The van der Waals surface area contributed by atoms with Crippen LogP contribution in [0.3, 0.4) is 0 Å². The van der Waals surface area contributed by atoms with Gasteiger partial charge in [0.15, 0.2) is 0 Å². The summed E-state index contributed by atoms with van der Waals surface area (Å²) in [5.74, 6) is 0.473. The molecule has 0 radical (unpaired) electrons. The Morgan fingerprint density at radius 2 is 1.74 bits per heavy atom. The van der Waals surface area contributed by atoms with E-state index in [-0.39, 0.29) is 0 Å². The summed E-state index contributed by atoms with van der Waals surface area (Å²) in [6.45, 7) is 4.53. The zero-order valence-corrected chi connectivity index (χ0v) is 15.7. The van der Waals surface area contributed by atoms with Crippen LogP contribution in [0.5, 0.6) is 0 Å². The molecule has 2 heteroatoms. The lowest BCUT2D eigenvalue weighted by atomic mass is 9.84. The van der Waals surface area contributed by atoms with Gasteiger partial charge in [0.1, 0.15) is 0 Å². The van der Waals surface area contributed by atoms with E-state index in [1.807, 2.05) is 18.6 Å². The smallest absolute Gasteiger partial charge is 0.0740 e. The lowest BCUT2D eigenvalue weighted by Crippen LogP contribution is -2.07. The Kier molecular flexibility index (Phi) is 3.78. The first-order valence-corrected chi connectivity index (χ1v) is 9.66. The lowest BCUT2D eigenvalue weighted by Gasteiger charge is -2.22. The minimum absolute atomic E-state index is 0.473. The van der Waals surface area contributed by atoms with Gasteiger partial charge in [-0.25, -0.2) is 0 Å². The zero-order valence-electron chi connectivity index (χ0n) is 15.7. The Bertz CT molecular complexity index is 1160. The van der Waals surface area contributed by atoms with E-state index in [0.29, 0.717) is 5.92 Å². The number of hydrogen-bond donors (Lipinski definition) is 0. The Balaban J connectivity index is 1.76. The summed E-state index contributed by atoms with van der Waals surface area (Å²) in [6.07, 6.45) is 7.89. The molecule has 1 aliphatic carbocycles. The molecule has 2 aromatic heterocycles. The Morgan fingerprint density at radius 3 is 2.63 bits per heavy atom. The van der Waals surface area contributed by atoms with Crippen LogP contribution < -0.4 is 0 Å². The topological polar surface area (TPSA) is 25.8 Å². The molecule has 0 unspecified atom stereocenters. The molecule has 0 saturated carbocycles. The maximum absolute atomic E-state index is 4.83. The van der Waals surface area contributed by atoms with Crippen molar-refractivity contribution in [1.29, 1.82) is 0 Å². The van der Waals surface area contributed by atoms with Gasteiger partial charge in [-0.1, -0.05) is 38.1 Å². The van der Waals surface area contributed by atoms with E-state index in [1.165, 1.54) is 44.2 Å². The van der Waals surface area contributed by atoms with Crippen molar-refractivity contribution in [2.24, 2.45) is 0 Å². The fourth-order valence-corrected chi connectivity index (χ4v) is 4.35. The SMILES string of the molecule is CC(C)c1cc(-c2nccc3c2CCc2cnccc2-3)cc2ccccc12. The number of benzene rings is 2. The minimum atomic E-state index is 0.473. The molecule has 2 aromatic carbocycles. The summed E-state index contributed by atoms with van der Waals surface area (Å²) in [5.41, 5.74) is 9.06. The fraction of sp³-hybridized carbons (Fsp3) is 0.200. The van der Waals surface area contributed by atoms with Crippen molar-refractivity contribution in [3.63, 3.8) is 0 Å². The number of aromatic nitrogens is 2. The Morgan fingerprint density at radius 1 is 0.889 bits per heavy atom. The maximum atomic E-state index is 4.83. The van der Waals surface area contributed by atoms with Gasteiger partial charge in [-0.2, -0.15) is 0 Å². The highest BCUT2D eigenvalue weighted by atomic mass is 14.7. The molecule has 1 aliphatic rings. The summed E-state index contributed by atoms with van der Waals surface area (Å²) in [7, 11) is 0. The number of hydrogen-bond acceptors (Lipinski definition) is 2. The number of pyridine rings is 2. The van der Waals surface area contributed by atoms with Crippen LogP contribution in [0.25, 0.3) is 33.2 Å². The molecule has 5 rings (SSSR count). The predicted molar refractivity (Wildman–Crippen MR) is 112 cm³/mol. The second kappa shape index (κ2) is 6.31. The van der Waals surface area contributed by atoms with Crippen LogP contribution in [-0.4, -0.2) is 9.97 Å². The number of fused-ring (bicyclic) bond motifs is 4. The molecule has 0 amide bonds. The van der Waals surface area contributed by atoms with E-state index in [0.717, 1.165) is 18.5 Å². The van der Waals surface area contributed by atoms with E-state index >= 15 is 0 Å². The highest BCUT2D eigenvalue weighted by Crippen LogP contribution is 2.39. The molecular weight excluding hydrogens is 328 g/mol. The van der Waals surface area contributed by atoms with Crippen LogP contribution >= 0.6 is 0 Å². The van der Waals surface area contributed by atoms with Gasteiger partial charge in [0.25, 0.3) is 0 Å². The summed E-state index contributed by atoms with van der Waals surface area (Å²) in [4.78, 5) is 9.13. The lowest BCUT2D eigenvalue weighted by molar-refractivity contribution is 0.876. The van der Waals surface area contributed by atoms with Gasteiger partial charge in [0.05, 0.1) is 5.69 Å². The van der Waals surface area contributed by atoms with E-state index in [9.17, 15) is 0 Å². The van der Waals surface area contributed by atoms with Crippen LogP contribution in [0.1, 0.15) is 36.5 Å². The zero-order chi connectivity index (χ0) is 18.4. The highest BCUT2D eigenvalue weighted by Gasteiger charge is 2.21. The van der Waals surface area contributed by atoms with Crippen molar-refractivity contribution >= 4 is 10.8 Å². The van der Waals surface area contributed by atoms with Crippen molar-refractivity contribution in [2.45, 2.75) is 32.6 Å². The third-order valence-electron chi connectivity index (χ3n) is 5.68. The molecule has 0 N–H and O–H groups in total. The van der Waals surface area contributed by atoms with E-state index in [4.69, 9.17) is 4.98 Å². The molecule has 0 saturated heterocycles. The van der Waals surface area contributed by atoms with Crippen LogP contribution in [0.15, 0.2) is 67.1 Å². The highest BCUT2D eigenvalue weighted by molar-refractivity contribution is 5.91. The van der Waals surface area contributed by atoms with E-state index in [2.05, 4.69) is 67.4 Å². The maximum Gasteiger partial charge on any atom is 0.0740 e. The van der Waals surface area contributed by atoms with Gasteiger partial charge >= 0.3 is 0 Å². The molecule has 0 bridgehead atoms. The van der Waals surface area contributed by atoms with Gasteiger partial charge in [0, 0.05) is 24.2 Å². The van der Waals surface area contributed by atoms with Gasteiger partial charge in [-0.15, -0.1) is 0 Å². The Labute approximate surface area is 159 Å². The predicted octanol–water partition coefficient (Wildman–Crippen LogP) is 6.19. The van der Waals surface area contributed by atoms with Crippen molar-refractivity contribution in [3.05, 3.63) is 83.8 Å².